The Labute approximate surface area is 149 Å². The normalized spacial score (nSPS) is 11.7. The molecule has 0 saturated carbocycles. The minimum absolute atomic E-state index is 0.356. The summed E-state index contributed by atoms with van der Waals surface area (Å²) in [5.41, 5.74) is 1.83. The zero-order valence-corrected chi connectivity index (χ0v) is 15.7. The minimum Gasteiger partial charge on any atom is -0.456 e. The third kappa shape index (κ3) is 3.24. The maximum absolute atomic E-state index is 12.6. The fourth-order valence-corrected chi connectivity index (χ4v) is 3.10. The van der Waals surface area contributed by atoms with Crippen LogP contribution in [-0.2, 0) is 4.74 Å². The third-order valence-electron chi connectivity index (χ3n) is 3.61. The number of carbonyl (C=O) groups is 1. The highest BCUT2D eigenvalue weighted by atomic mass is 79.9. The van der Waals surface area contributed by atoms with Gasteiger partial charge in [-0.3, -0.25) is 0 Å². The number of carbonyl (C=O) groups excluding carboxylic acids is 1. The van der Waals surface area contributed by atoms with Crippen molar-refractivity contribution in [1.82, 2.24) is 0 Å². The van der Waals surface area contributed by atoms with Gasteiger partial charge in [0.15, 0.2) is 4.67 Å². The van der Waals surface area contributed by atoms with Gasteiger partial charge in [-0.15, -0.1) is 0 Å². The topological polar surface area (TPSA) is 39.4 Å². The van der Waals surface area contributed by atoms with Crippen molar-refractivity contribution in [3.63, 3.8) is 0 Å². The third-order valence-corrected chi connectivity index (χ3v) is 4.20. The molecular weight excluding hydrogens is 368 g/mol. The SMILES string of the molecule is Cc1ccc2c(-c3ccccc3C(=O)OC(C)(C)C)oc(Br)c2c1. The van der Waals surface area contributed by atoms with Gasteiger partial charge in [0.05, 0.1) is 5.56 Å². The van der Waals surface area contributed by atoms with E-state index >= 15 is 0 Å². The summed E-state index contributed by atoms with van der Waals surface area (Å²) in [6.45, 7) is 7.60. The summed E-state index contributed by atoms with van der Waals surface area (Å²) in [7, 11) is 0. The van der Waals surface area contributed by atoms with Crippen molar-refractivity contribution in [2.45, 2.75) is 33.3 Å². The number of ether oxygens (including phenoxy) is 1. The van der Waals surface area contributed by atoms with Crippen molar-refractivity contribution in [2.24, 2.45) is 0 Å². The molecule has 2 aromatic carbocycles. The lowest BCUT2D eigenvalue weighted by atomic mass is 10.0. The molecule has 0 radical (unpaired) electrons. The first kappa shape index (κ1) is 16.8. The number of fused-ring (bicyclic) bond motifs is 1. The number of furan rings is 1. The van der Waals surface area contributed by atoms with Crippen molar-refractivity contribution < 1.29 is 13.9 Å². The van der Waals surface area contributed by atoms with Crippen LogP contribution in [0.4, 0.5) is 0 Å². The van der Waals surface area contributed by atoms with Gasteiger partial charge >= 0.3 is 5.97 Å². The Morgan fingerprint density at radius 2 is 1.79 bits per heavy atom. The number of aryl methyl sites for hydroxylation is 1. The van der Waals surface area contributed by atoms with Crippen LogP contribution in [0.15, 0.2) is 51.6 Å². The lowest BCUT2D eigenvalue weighted by Crippen LogP contribution is -2.24. The summed E-state index contributed by atoms with van der Waals surface area (Å²) >= 11 is 3.48. The second kappa shape index (κ2) is 6.10. The first-order valence-corrected chi connectivity index (χ1v) is 8.57. The first-order valence-electron chi connectivity index (χ1n) is 7.77. The molecule has 1 heterocycles. The summed E-state index contributed by atoms with van der Waals surface area (Å²) in [6, 6.07) is 13.5. The average Bonchev–Trinajstić information content (AvgIpc) is 2.82. The molecule has 0 fully saturated rings. The van der Waals surface area contributed by atoms with Crippen molar-refractivity contribution in [3.05, 3.63) is 58.3 Å². The van der Waals surface area contributed by atoms with Gasteiger partial charge in [-0.2, -0.15) is 0 Å². The van der Waals surface area contributed by atoms with Gasteiger partial charge < -0.3 is 9.15 Å². The standard InChI is InChI=1S/C20H19BrO3/c1-12-9-10-14-16(11-12)18(21)23-17(14)13-7-5-6-8-15(13)19(22)24-20(2,3)4/h5-11H,1-4H3. The van der Waals surface area contributed by atoms with Crippen LogP contribution >= 0.6 is 15.9 Å². The van der Waals surface area contributed by atoms with Crippen molar-refractivity contribution in [2.75, 3.05) is 0 Å². The molecule has 1 aromatic heterocycles. The van der Waals surface area contributed by atoms with Gasteiger partial charge in [-0.25, -0.2) is 4.79 Å². The number of rotatable bonds is 2. The Bertz CT molecular complexity index is 916. The second-order valence-corrected chi connectivity index (χ2v) is 7.52. The van der Waals surface area contributed by atoms with E-state index in [0.717, 1.165) is 21.9 Å². The number of halogens is 1. The van der Waals surface area contributed by atoms with E-state index in [0.29, 0.717) is 16.0 Å². The predicted octanol–water partition coefficient (Wildman–Crippen LogP) is 6.13. The summed E-state index contributed by atoms with van der Waals surface area (Å²) in [4.78, 5) is 12.6. The molecule has 0 atom stereocenters. The largest absolute Gasteiger partial charge is 0.456 e. The van der Waals surface area contributed by atoms with E-state index in [4.69, 9.17) is 9.15 Å². The first-order chi connectivity index (χ1) is 11.3. The highest BCUT2D eigenvalue weighted by Crippen LogP contribution is 2.38. The number of benzene rings is 2. The average molecular weight is 387 g/mol. The lowest BCUT2D eigenvalue weighted by molar-refractivity contribution is 0.00703. The molecule has 3 aromatic rings. The molecule has 3 rings (SSSR count). The molecule has 0 aliphatic carbocycles. The van der Waals surface area contributed by atoms with Crippen molar-refractivity contribution in [3.8, 4) is 11.3 Å². The smallest absolute Gasteiger partial charge is 0.339 e. The molecule has 0 spiro atoms. The van der Waals surface area contributed by atoms with E-state index < -0.39 is 5.60 Å². The molecule has 3 nitrogen and oxygen atoms in total. The monoisotopic (exact) mass is 386 g/mol. The Balaban J connectivity index is 2.16. The molecule has 0 aliphatic rings. The fourth-order valence-electron chi connectivity index (χ4n) is 2.61. The Kier molecular flexibility index (Phi) is 4.26. The molecule has 0 bridgehead atoms. The highest BCUT2D eigenvalue weighted by Gasteiger charge is 2.23. The van der Waals surface area contributed by atoms with Crippen LogP contribution in [0.3, 0.4) is 0 Å². The zero-order valence-electron chi connectivity index (χ0n) is 14.1. The maximum Gasteiger partial charge on any atom is 0.339 e. The second-order valence-electron chi connectivity index (χ2n) is 6.80. The van der Waals surface area contributed by atoms with Gasteiger partial charge in [-0.1, -0.05) is 35.9 Å². The molecule has 0 saturated heterocycles. The van der Waals surface area contributed by atoms with Gasteiger partial charge in [0.2, 0.25) is 0 Å². The molecule has 24 heavy (non-hydrogen) atoms. The lowest BCUT2D eigenvalue weighted by Gasteiger charge is -2.20. The predicted molar refractivity (Wildman–Crippen MR) is 99.3 cm³/mol. The highest BCUT2D eigenvalue weighted by molar-refractivity contribution is 9.10. The van der Waals surface area contributed by atoms with Crippen LogP contribution < -0.4 is 0 Å². The maximum atomic E-state index is 12.6. The van der Waals surface area contributed by atoms with E-state index in [1.165, 1.54) is 0 Å². The molecule has 124 valence electrons. The van der Waals surface area contributed by atoms with Crippen LogP contribution in [-0.4, -0.2) is 11.6 Å². The molecule has 0 N–H and O–H groups in total. The Morgan fingerprint density at radius 1 is 1.08 bits per heavy atom. The van der Waals surface area contributed by atoms with Crippen LogP contribution in [0.25, 0.3) is 22.1 Å². The number of esters is 1. The Morgan fingerprint density at radius 3 is 2.50 bits per heavy atom. The Hall–Kier alpha value is -2.07. The van der Waals surface area contributed by atoms with E-state index in [1.807, 2.05) is 58.0 Å². The van der Waals surface area contributed by atoms with Crippen LogP contribution in [0, 0.1) is 6.92 Å². The number of hydrogen-bond donors (Lipinski definition) is 0. The zero-order chi connectivity index (χ0) is 17.5. The van der Waals surface area contributed by atoms with Crippen molar-refractivity contribution >= 4 is 32.7 Å². The fraction of sp³-hybridized carbons (Fsp3) is 0.250. The molecule has 0 amide bonds. The summed E-state index contributed by atoms with van der Waals surface area (Å²) in [6.07, 6.45) is 0. The molecule has 4 heteroatoms. The van der Waals surface area contributed by atoms with Crippen molar-refractivity contribution in [1.29, 1.82) is 0 Å². The summed E-state index contributed by atoms with van der Waals surface area (Å²) in [5.74, 6) is 0.309. The van der Waals surface area contributed by atoms with Gasteiger partial charge in [0.1, 0.15) is 11.4 Å². The van der Waals surface area contributed by atoms with E-state index in [2.05, 4.69) is 22.0 Å². The van der Waals surface area contributed by atoms with Crippen LogP contribution in [0.1, 0.15) is 36.7 Å². The van der Waals surface area contributed by atoms with Gasteiger partial charge in [-0.05, 0) is 55.8 Å². The molecule has 0 unspecified atom stereocenters. The quantitative estimate of drug-likeness (QED) is 0.497. The van der Waals surface area contributed by atoms with Gasteiger partial charge in [0.25, 0.3) is 0 Å². The summed E-state index contributed by atoms with van der Waals surface area (Å²) < 4.78 is 12.1. The number of hydrogen-bond acceptors (Lipinski definition) is 3. The van der Waals surface area contributed by atoms with Crippen LogP contribution in [0.2, 0.25) is 0 Å². The van der Waals surface area contributed by atoms with Gasteiger partial charge in [0, 0.05) is 16.3 Å². The summed E-state index contributed by atoms with van der Waals surface area (Å²) in [5, 5.41) is 1.95. The van der Waals surface area contributed by atoms with Crippen LogP contribution in [0.5, 0.6) is 0 Å². The van der Waals surface area contributed by atoms with E-state index in [-0.39, 0.29) is 5.97 Å². The molecule has 0 aliphatic heterocycles. The molecular formula is C20H19BrO3. The van der Waals surface area contributed by atoms with E-state index in [9.17, 15) is 4.79 Å². The van der Waals surface area contributed by atoms with E-state index in [1.54, 1.807) is 6.07 Å². The minimum atomic E-state index is -0.548.